The molecule has 0 spiro atoms. The Hall–Kier alpha value is -2.38. The molecule has 0 saturated carbocycles. The first-order valence-corrected chi connectivity index (χ1v) is 7.04. The van der Waals surface area contributed by atoms with Crippen molar-refractivity contribution in [1.29, 1.82) is 0 Å². The normalized spacial score (nSPS) is 12.2. The predicted octanol–water partition coefficient (Wildman–Crippen LogP) is 1.06. The molecule has 0 aliphatic rings. The van der Waals surface area contributed by atoms with Crippen LogP contribution in [0, 0.1) is 0 Å². The van der Waals surface area contributed by atoms with E-state index in [4.69, 9.17) is 0 Å². The molecule has 0 bridgehead atoms. The second kappa shape index (κ2) is 6.38. The Morgan fingerprint density at radius 1 is 1.38 bits per heavy atom. The van der Waals surface area contributed by atoms with Gasteiger partial charge < -0.3 is 15.5 Å². The van der Waals surface area contributed by atoms with E-state index in [1.807, 2.05) is 20.8 Å². The largest absolute Gasteiger partial charge is 0.358 e. The highest BCUT2D eigenvalue weighted by molar-refractivity contribution is 5.90. The molecule has 0 aromatic carbocycles. The van der Waals surface area contributed by atoms with Crippen LogP contribution in [0.3, 0.4) is 0 Å². The lowest BCUT2D eigenvalue weighted by atomic mass is 10.2. The van der Waals surface area contributed by atoms with Crippen LogP contribution in [-0.4, -0.2) is 57.2 Å². The lowest BCUT2D eigenvalue weighted by Gasteiger charge is -2.23. The van der Waals surface area contributed by atoms with E-state index in [1.165, 1.54) is 0 Å². The molecule has 114 valence electrons. The first-order valence-electron chi connectivity index (χ1n) is 7.04. The summed E-state index contributed by atoms with van der Waals surface area (Å²) in [5.41, 5.74) is 0.624. The summed E-state index contributed by atoms with van der Waals surface area (Å²) < 4.78 is 0. The van der Waals surface area contributed by atoms with Crippen molar-refractivity contribution in [3.63, 3.8) is 0 Å². The number of anilines is 2. The van der Waals surface area contributed by atoms with Gasteiger partial charge in [0.15, 0.2) is 5.65 Å². The van der Waals surface area contributed by atoms with Crippen molar-refractivity contribution in [2.45, 2.75) is 26.8 Å². The van der Waals surface area contributed by atoms with E-state index in [1.54, 1.807) is 18.1 Å². The average Bonchev–Trinajstić information content (AvgIpc) is 2.96. The number of nitrogens with one attached hydrogen (secondary N) is 3. The van der Waals surface area contributed by atoms with Gasteiger partial charge in [0.2, 0.25) is 11.9 Å². The van der Waals surface area contributed by atoms with Crippen molar-refractivity contribution in [2.75, 3.05) is 30.8 Å². The van der Waals surface area contributed by atoms with Crippen LogP contribution >= 0.6 is 0 Å². The SMILES string of the molecule is CCN(CC)C(=O)C(C)Nc1nc(NC)nc2[nH]ncc12. The molecule has 3 N–H and O–H groups in total. The van der Waals surface area contributed by atoms with Crippen LogP contribution in [0.25, 0.3) is 11.0 Å². The lowest BCUT2D eigenvalue weighted by Crippen LogP contribution is -2.41. The molecule has 1 unspecified atom stereocenters. The summed E-state index contributed by atoms with van der Waals surface area (Å²) in [6, 6.07) is -0.373. The van der Waals surface area contributed by atoms with Crippen LogP contribution in [0.5, 0.6) is 0 Å². The topological polar surface area (TPSA) is 98.8 Å². The van der Waals surface area contributed by atoms with Crippen molar-refractivity contribution in [3.8, 4) is 0 Å². The van der Waals surface area contributed by atoms with Crippen LogP contribution in [-0.2, 0) is 4.79 Å². The maximum Gasteiger partial charge on any atom is 0.244 e. The van der Waals surface area contributed by atoms with Crippen LogP contribution in [0.4, 0.5) is 11.8 Å². The summed E-state index contributed by atoms with van der Waals surface area (Å²) in [6.45, 7) is 7.13. The van der Waals surface area contributed by atoms with E-state index >= 15 is 0 Å². The van der Waals surface area contributed by atoms with Gasteiger partial charge in [0.25, 0.3) is 0 Å². The fourth-order valence-corrected chi connectivity index (χ4v) is 2.13. The lowest BCUT2D eigenvalue weighted by molar-refractivity contribution is -0.131. The van der Waals surface area contributed by atoms with E-state index in [9.17, 15) is 4.79 Å². The van der Waals surface area contributed by atoms with Gasteiger partial charge in [0.05, 0.1) is 11.6 Å². The molecule has 2 rings (SSSR count). The summed E-state index contributed by atoms with van der Waals surface area (Å²) in [5.74, 6) is 1.10. The molecule has 2 heterocycles. The molecule has 21 heavy (non-hydrogen) atoms. The number of H-pyrrole nitrogens is 1. The van der Waals surface area contributed by atoms with Crippen LogP contribution in [0.1, 0.15) is 20.8 Å². The summed E-state index contributed by atoms with van der Waals surface area (Å²) in [6.07, 6.45) is 1.64. The number of amides is 1. The molecule has 0 aliphatic carbocycles. The zero-order valence-electron chi connectivity index (χ0n) is 12.8. The minimum absolute atomic E-state index is 0.0428. The smallest absolute Gasteiger partial charge is 0.244 e. The van der Waals surface area contributed by atoms with Crippen molar-refractivity contribution >= 4 is 28.7 Å². The first-order chi connectivity index (χ1) is 10.1. The molecule has 2 aromatic rings. The average molecular weight is 291 g/mol. The van der Waals surface area contributed by atoms with Crippen LogP contribution in [0.2, 0.25) is 0 Å². The monoisotopic (exact) mass is 291 g/mol. The second-order valence-corrected chi connectivity index (χ2v) is 4.65. The Bertz CT molecular complexity index is 620. The molecule has 0 radical (unpaired) electrons. The quantitative estimate of drug-likeness (QED) is 0.736. The Kier molecular flexibility index (Phi) is 4.56. The van der Waals surface area contributed by atoms with Gasteiger partial charge in [-0.3, -0.25) is 9.89 Å². The summed E-state index contributed by atoms with van der Waals surface area (Å²) in [4.78, 5) is 22.7. The number of likely N-dealkylation sites (N-methyl/N-ethyl adjacent to an activating group) is 1. The number of nitrogens with zero attached hydrogens (tertiary/aromatic N) is 4. The Morgan fingerprint density at radius 2 is 2.10 bits per heavy atom. The molecule has 0 fully saturated rings. The number of fused-ring (bicyclic) bond motifs is 1. The Morgan fingerprint density at radius 3 is 2.71 bits per heavy atom. The number of aromatic amines is 1. The molecule has 8 nitrogen and oxygen atoms in total. The number of hydrogen-bond donors (Lipinski definition) is 3. The van der Waals surface area contributed by atoms with Crippen LogP contribution < -0.4 is 10.6 Å². The molecule has 0 aliphatic heterocycles. The third-order valence-electron chi connectivity index (χ3n) is 3.33. The van der Waals surface area contributed by atoms with Gasteiger partial charge in [0.1, 0.15) is 11.9 Å². The van der Waals surface area contributed by atoms with Gasteiger partial charge in [-0.2, -0.15) is 15.1 Å². The van der Waals surface area contributed by atoms with E-state index in [0.717, 1.165) is 5.39 Å². The van der Waals surface area contributed by atoms with Gasteiger partial charge in [-0.1, -0.05) is 0 Å². The number of carbonyl (C=O) groups is 1. The fourth-order valence-electron chi connectivity index (χ4n) is 2.13. The molecule has 1 amide bonds. The molecule has 2 aromatic heterocycles. The minimum atomic E-state index is -0.373. The number of aromatic nitrogens is 4. The van der Waals surface area contributed by atoms with Crippen molar-refractivity contribution in [3.05, 3.63) is 6.20 Å². The number of rotatable bonds is 6. The Labute approximate surface area is 123 Å². The summed E-state index contributed by atoms with van der Waals surface area (Å²) in [7, 11) is 1.74. The molecular weight excluding hydrogens is 270 g/mol. The minimum Gasteiger partial charge on any atom is -0.358 e. The molecule has 8 heteroatoms. The fraction of sp³-hybridized carbons (Fsp3) is 0.538. The van der Waals surface area contributed by atoms with Gasteiger partial charge in [-0.15, -0.1) is 0 Å². The molecular formula is C13H21N7O. The van der Waals surface area contributed by atoms with Crippen molar-refractivity contribution < 1.29 is 4.79 Å². The molecule has 0 saturated heterocycles. The van der Waals surface area contributed by atoms with Gasteiger partial charge in [-0.05, 0) is 20.8 Å². The van der Waals surface area contributed by atoms with E-state index in [0.29, 0.717) is 30.5 Å². The van der Waals surface area contributed by atoms with Gasteiger partial charge in [-0.25, -0.2) is 0 Å². The summed E-state index contributed by atoms with van der Waals surface area (Å²) >= 11 is 0. The zero-order valence-corrected chi connectivity index (χ0v) is 12.8. The highest BCUT2D eigenvalue weighted by atomic mass is 16.2. The third-order valence-corrected chi connectivity index (χ3v) is 3.33. The van der Waals surface area contributed by atoms with Crippen molar-refractivity contribution in [1.82, 2.24) is 25.1 Å². The maximum atomic E-state index is 12.3. The zero-order chi connectivity index (χ0) is 15.4. The first kappa shape index (κ1) is 15.0. The second-order valence-electron chi connectivity index (χ2n) is 4.65. The highest BCUT2D eigenvalue weighted by Crippen LogP contribution is 2.20. The Balaban J connectivity index is 2.26. The van der Waals surface area contributed by atoms with Crippen LogP contribution in [0.15, 0.2) is 6.20 Å². The molecule has 1 atom stereocenters. The number of hydrogen-bond acceptors (Lipinski definition) is 6. The third kappa shape index (κ3) is 3.04. The predicted molar refractivity (Wildman–Crippen MR) is 82.2 cm³/mol. The number of carbonyl (C=O) groups excluding carboxylic acids is 1. The van der Waals surface area contributed by atoms with E-state index < -0.39 is 0 Å². The van der Waals surface area contributed by atoms with E-state index in [2.05, 4.69) is 30.8 Å². The maximum absolute atomic E-state index is 12.3. The van der Waals surface area contributed by atoms with Crippen molar-refractivity contribution in [2.24, 2.45) is 0 Å². The highest BCUT2D eigenvalue weighted by Gasteiger charge is 2.20. The van der Waals surface area contributed by atoms with E-state index in [-0.39, 0.29) is 11.9 Å². The van der Waals surface area contributed by atoms with Gasteiger partial charge in [0, 0.05) is 20.1 Å². The summed E-state index contributed by atoms with van der Waals surface area (Å²) in [5, 5.41) is 13.6. The van der Waals surface area contributed by atoms with Gasteiger partial charge >= 0.3 is 0 Å². The standard InChI is InChI=1S/C13H21N7O/c1-5-20(6-2)12(21)8(3)16-10-9-7-15-19-11(9)18-13(14-4)17-10/h7-8H,5-6H2,1-4H3,(H3,14,15,16,17,18,19).